The Hall–Kier alpha value is -2.28. The fourth-order valence-electron chi connectivity index (χ4n) is 2.72. The van der Waals surface area contributed by atoms with E-state index in [1.165, 1.54) is 0 Å². The van der Waals surface area contributed by atoms with E-state index in [4.69, 9.17) is 25.8 Å². The van der Waals surface area contributed by atoms with Gasteiger partial charge in [-0.05, 0) is 48.4 Å². The van der Waals surface area contributed by atoms with Gasteiger partial charge in [0.15, 0.2) is 11.5 Å². The summed E-state index contributed by atoms with van der Waals surface area (Å²) in [5.74, 6) is 2.04. The summed E-state index contributed by atoms with van der Waals surface area (Å²) in [5, 5.41) is 4.08. The molecular weight excluding hydrogens is 468 g/mol. The number of nitrogens with zero attached hydrogens (tertiary/aromatic N) is 1. The van der Waals surface area contributed by atoms with Crippen molar-refractivity contribution in [3.05, 3.63) is 81.4 Å². The molecule has 0 bridgehead atoms. The number of nitrogens with one attached hydrogen (secondary N) is 1. The van der Waals surface area contributed by atoms with Crippen LogP contribution in [0.5, 0.6) is 17.4 Å². The van der Waals surface area contributed by atoms with E-state index in [1.54, 1.807) is 6.20 Å². The van der Waals surface area contributed by atoms with Gasteiger partial charge in [0.25, 0.3) is 0 Å². The van der Waals surface area contributed by atoms with Crippen molar-refractivity contribution in [2.75, 3.05) is 19.8 Å². The van der Waals surface area contributed by atoms with Crippen LogP contribution in [0, 0.1) is 0 Å². The minimum absolute atomic E-state index is 0.437. The molecule has 1 heterocycles. The molecule has 5 nitrogen and oxygen atoms in total. The van der Waals surface area contributed by atoms with Crippen LogP contribution < -0.4 is 19.5 Å². The first kappa shape index (κ1) is 22.4. The maximum absolute atomic E-state index is 6.00. The van der Waals surface area contributed by atoms with Gasteiger partial charge in [0.05, 0.1) is 6.61 Å². The van der Waals surface area contributed by atoms with Gasteiger partial charge in [-0.25, -0.2) is 4.98 Å². The van der Waals surface area contributed by atoms with Gasteiger partial charge in [0.1, 0.15) is 13.2 Å². The summed E-state index contributed by atoms with van der Waals surface area (Å²) < 4.78 is 18.3. The molecule has 0 spiro atoms. The zero-order chi connectivity index (χ0) is 21.2. The lowest BCUT2D eigenvalue weighted by molar-refractivity contribution is 0.268. The monoisotopic (exact) mass is 490 g/mol. The van der Waals surface area contributed by atoms with E-state index in [0.717, 1.165) is 21.3 Å². The molecule has 1 aromatic heterocycles. The maximum Gasteiger partial charge on any atom is 0.213 e. The van der Waals surface area contributed by atoms with E-state index in [-0.39, 0.29) is 0 Å². The predicted octanol–water partition coefficient (Wildman–Crippen LogP) is 5.64. The van der Waals surface area contributed by atoms with Crippen molar-refractivity contribution in [1.29, 1.82) is 0 Å². The van der Waals surface area contributed by atoms with Crippen LogP contribution in [0.2, 0.25) is 5.02 Å². The molecule has 0 aliphatic carbocycles. The van der Waals surface area contributed by atoms with Crippen molar-refractivity contribution < 1.29 is 14.2 Å². The molecule has 0 aliphatic rings. The van der Waals surface area contributed by atoms with Crippen LogP contribution in [0.3, 0.4) is 0 Å². The topological polar surface area (TPSA) is 52.6 Å². The number of pyridine rings is 1. The molecule has 0 radical (unpaired) electrons. The fraction of sp³-hybridized carbons (Fsp3) is 0.261. The highest BCUT2D eigenvalue weighted by molar-refractivity contribution is 9.10. The van der Waals surface area contributed by atoms with Crippen molar-refractivity contribution in [1.82, 2.24) is 10.3 Å². The summed E-state index contributed by atoms with van der Waals surface area (Å²) in [5.41, 5.74) is 2.12. The summed E-state index contributed by atoms with van der Waals surface area (Å²) in [6.45, 7) is 4.86. The lowest BCUT2D eigenvalue weighted by Gasteiger charge is -2.15. The Bertz CT molecular complexity index is 924. The van der Waals surface area contributed by atoms with Crippen LogP contribution in [0.25, 0.3) is 0 Å². The number of benzene rings is 2. The molecule has 2 aromatic carbocycles. The molecule has 0 aliphatic heterocycles. The molecule has 3 rings (SSSR count). The van der Waals surface area contributed by atoms with Crippen molar-refractivity contribution in [3.63, 3.8) is 0 Å². The van der Waals surface area contributed by atoms with E-state index in [0.29, 0.717) is 49.6 Å². The van der Waals surface area contributed by atoms with E-state index in [1.807, 2.05) is 61.5 Å². The molecule has 0 saturated heterocycles. The average molecular weight is 492 g/mol. The Morgan fingerprint density at radius 1 is 1.00 bits per heavy atom. The highest BCUT2D eigenvalue weighted by Crippen LogP contribution is 2.34. The Labute approximate surface area is 190 Å². The Kier molecular flexibility index (Phi) is 8.81. The highest BCUT2D eigenvalue weighted by Gasteiger charge is 2.11. The zero-order valence-electron chi connectivity index (χ0n) is 16.7. The second-order valence-electron chi connectivity index (χ2n) is 6.43. The summed E-state index contributed by atoms with van der Waals surface area (Å²) in [7, 11) is 0. The average Bonchev–Trinajstić information content (AvgIpc) is 2.76. The molecule has 0 saturated carbocycles. The quantitative estimate of drug-likeness (QED) is 0.352. The largest absolute Gasteiger partial charge is 0.490 e. The van der Waals surface area contributed by atoms with Crippen LogP contribution in [0.15, 0.2) is 65.3 Å². The number of ether oxygens (including phenoxy) is 3. The van der Waals surface area contributed by atoms with E-state index < -0.39 is 0 Å². The molecule has 0 amide bonds. The standard InChI is InChI=1S/C23H24BrClN2O3/c1-2-28-21-13-18(15-26-11-12-29-23-5-3-4-10-27-23)20(24)14-22(21)30-16-17-6-8-19(25)9-7-17/h3-10,13-14,26H,2,11-12,15-16H2,1H3. The van der Waals surface area contributed by atoms with Gasteiger partial charge in [-0.2, -0.15) is 0 Å². The van der Waals surface area contributed by atoms with Crippen LogP contribution in [0.1, 0.15) is 18.1 Å². The third-order valence-electron chi connectivity index (χ3n) is 4.20. The van der Waals surface area contributed by atoms with E-state index in [2.05, 4.69) is 26.2 Å². The predicted molar refractivity (Wildman–Crippen MR) is 123 cm³/mol. The second kappa shape index (κ2) is 11.8. The molecule has 1 N–H and O–H groups in total. The number of hydrogen-bond donors (Lipinski definition) is 1. The fourth-order valence-corrected chi connectivity index (χ4v) is 3.31. The van der Waals surface area contributed by atoms with Gasteiger partial charge < -0.3 is 19.5 Å². The molecule has 7 heteroatoms. The normalized spacial score (nSPS) is 10.6. The van der Waals surface area contributed by atoms with Gasteiger partial charge in [-0.15, -0.1) is 0 Å². The first-order valence-corrected chi connectivity index (χ1v) is 10.9. The van der Waals surface area contributed by atoms with Crippen molar-refractivity contribution in [3.8, 4) is 17.4 Å². The van der Waals surface area contributed by atoms with Crippen molar-refractivity contribution in [2.24, 2.45) is 0 Å². The minimum Gasteiger partial charge on any atom is -0.490 e. The van der Waals surface area contributed by atoms with Crippen molar-refractivity contribution in [2.45, 2.75) is 20.1 Å². The van der Waals surface area contributed by atoms with E-state index in [9.17, 15) is 0 Å². The highest BCUT2D eigenvalue weighted by atomic mass is 79.9. The molecule has 0 fully saturated rings. The van der Waals surface area contributed by atoms with Gasteiger partial charge in [0.2, 0.25) is 5.88 Å². The lowest BCUT2D eigenvalue weighted by atomic mass is 10.2. The molecular formula is C23H24BrClN2O3. The number of halogens is 2. The Balaban J connectivity index is 1.55. The summed E-state index contributed by atoms with van der Waals surface area (Å²) in [4.78, 5) is 4.14. The molecule has 158 valence electrons. The van der Waals surface area contributed by atoms with Crippen LogP contribution in [-0.2, 0) is 13.2 Å². The van der Waals surface area contributed by atoms with Gasteiger partial charge in [-0.1, -0.05) is 45.7 Å². The summed E-state index contributed by atoms with van der Waals surface area (Å²) in [6.07, 6.45) is 1.71. The smallest absolute Gasteiger partial charge is 0.213 e. The van der Waals surface area contributed by atoms with Gasteiger partial charge in [-0.3, -0.25) is 0 Å². The lowest BCUT2D eigenvalue weighted by Crippen LogP contribution is -2.21. The summed E-state index contributed by atoms with van der Waals surface area (Å²) >= 11 is 9.58. The second-order valence-corrected chi connectivity index (χ2v) is 7.72. The van der Waals surface area contributed by atoms with Crippen molar-refractivity contribution >= 4 is 27.5 Å². The van der Waals surface area contributed by atoms with Gasteiger partial charge in [0, 0.05) is 34.8 Å². The van der Waals surface area contributed by atoms with E-state index >= 15 is 0 Å². The molecule has 3 aromatic rings. The Morgan fingerprint density at radius 3 is 2.53 bits per heavy atom. The molecule has 30 heavy (non-hydrogen) atoms. The third kappa shape index (κ3) is 6.90. The SMILES string of the molecule is CCOc1cc(CNCCOc2ccccn2)c(Br)cc1OCc1ccc(Cl)cc1. The molecule has 0 unspecified atom stereocenters. The Morgan fingerprint density at radius 2 is 1.80 bits per heavy atom. The third-order valence-corrected chi connectivity index (χ3v) is 5.19. The van der Waals surface area contributed by atoms with Crippen LogP contribution >= 0.6 is 27.5 Å². The van der Waals surface area contributed by atoms with Crippen LogP contribution in [-0.4, -0.2) is 24.7 Å². The van der Waals surface area contributed by atoms with Crippen LogP contribution in [0.4, 0.5) is 0 Å². The molecule has 0 atom stereocenters. The first-order valence-electron chi connectivity index (χ1n) is 9.72. The first-order chi connectivity index (χ1) is 14.7. The minimum atomic E-state index is 0.437. The van der Waals surface area contributed by atoms with Gasteiger partial charge >= 0.3 is 0 Å². The zero-order valence-corrected chi connectivity index (χ0v) is 19.1. The number of rotatable bonds is 11. The number of aromatic nitrogens is 1. The maximum atomic E-state index is 6.00. The number of hydrogen-bond acceptors (Lipinski definition) is 5. The summed E-state index contributed by atoms with van der Waals surface area (Å²) in [6, 6.07) is 17.2.